The van der Waals surface area contributed by atoms with Crippen LogP contribution in [0.4, 0.5) is 10.1 Å². The summed E-state index contributed by atoms with van der Waals surface area (Å²) in [4.78, 5) is 29.3. The van der Waals surface area contributed by atoms with Crippen LogP contribution >= 0.6 is 0 Å². The zero-order valence-corrected chi connectivity index (χ0v) is 20.0. The first kappa shape index (κ1) is 24.0. The number of amides is 2. The highest BCUT2D eigenvalue weighted by atomic mass is 32.2. The maximum Gasteiger partial charge on any atom is 0.274 e. The standard InChI is InChI=1S/C24H22FN5O4S/c1-13-22(14(2)30(29-13)12-15-6-4-7-16(10-15)35(3,33)34)28-24(32)20-11-17(23(26)31)21-18(25)8-5-9-19(21)27-20/h4-11H,12H2,1-3H3,(H2,26,31)(H,28,32). The summed E-state index contributed by atoms with van der Waals surface area (Å²) in [7, 11) is -3.36. The van der Waals surface area contributed by atoms with Crippen molar-refractivity contribution in [3.05, 3.63) is 82.6 Å². The molecule has 0 saturated carbocycles. The predicted molar refractivity (Wildman–Crippen MR) is 129 cm³/mol. The molecule has 4 rings (SSSR count). The number of nitrogens with zero attached hydrogens (tertiary/aromatic N) is 3. The molecule has 11 heteroatoms. The van der Waals surface area contributed by atoms with Gasteiger partial charge < -0.3 is 11.1 Å². The smallest absolute Gasteiger partial charge is 0.274 e. The van der Waals surface area contributed by atoms with Crippen LogP contribution in [-0.2, 0) is 16.4 Å². The van der Waals surface area contributed by atoms with Crippen LogP contribution in [0.15, 0.2) is 53.4 Å². The Morgan fingerprint density at radius 1 is 1.11 bits per heavy atom. The summed E-state index contributed by atoms with van der Waals surface area (Å²) in [6.45, 7) is 3.75. The fourth-order valence-corrected chi connectivity index (χ4v) is 4.50. The highest BCUT2D eigenvalue weighted by Gasteiger charge is 2.20. The number of primary amides is 1. The monoisotopic (exact) mass is 495 g/mol. The Balaban J connectivity index is 1.65. The lowest BCUT2D eigenvalue weighted by atomic mass is 10.1. The zero-order chi connectivity index (χ0) is 25.5. The number of anilines is 1. The first-order valence-electron chi connectivity index (χ1n) is 10.5. The van der Waals surface area contributed by atoms with Crippen LogP contribution in [-0.4, -0.2) is 41.3 Å². The van der Waals surface area contributed by atoms with Crippen molar-refractivity contribution < 1.29 is 22.4 Å². The van der Waals surface area contributed by atoms with E-state index < -0.39 is 27.5 Å². The Hall–Kier alpha value is -4.12. The third-order valence-corrected chi connectivity index (χ3v) is 6.67. The van der Waals surface area contributed by atoms with E-state index in [2.05, 4.69) is 15.4 Å². The SMILES string of the molecule is Cc1nn(Cc2cccc(S(C)(=O)=O)c2)c(C)c1NC(=O)c1cc(C(N)=O)c2c(F)cccc2n1. The summed E-state index contributed by atoms with van der Waals surface area (Å²) in [5.41, 5.74) is 7.61. The zero-order valence-electron chi connectivity index (χ0n) is 19.2. The first-order valence-corrected chi connectivity index (χ1v) is 12.4. The molecule has 180 valence electrons. The molecule has 0 aliphatic carbocycles. The number of nitrogens with two attached hydrogens (primary N) is 1. The van der Waals surface area contributed by atoms with E-state index >= 15 is 0 Å². The number of carbonyl (C=O) groups is 2. The molecule has 0 bridgehead atoms. The predicted octanol–water partition coefficient (Wildman–Crippen LogP) is 2.99. The molecule has 2 heterocycles. The summed E-state index contributed by atoms with van der Waals surface area (Å²) in [5, 5.41) is 7.17. The number of benzene rings is 2. The molecule has 2 aromatic heterocycles. The van der Waals surface area contributed by atoms with E-state index in [0.717, 1.165) is 17.9 Å². The topological polar surface area (TPSA) is 137 Å². The minimum absolute atomic E-state index is 0.0481. The van der Waals surface area contributed by atoms with E-state index in [-0.39, 0.29) is 33.6 Å². The Morgan fingerprint density at radius 3 is 2.51 bits per heavy atom. The van der Waals surface area contributed by atoms with Crippen molar-refractivity contribution >= 4 is 38.2 Å². The number of aryl methyl sites for hydroxylation is 1. The molecule has 0 fully saturated rings. The molecule has 0 radical (unpaired) electrons. The molecule has 35 heavy (non-hydrogen) atoms. The van der Waals surface area contributed by atoms with Crippen LogP contribution in [0.25, 0.3) is 10.9 Å². The number of carbonyl (C=O) groups excluding carboxylic acids is 2. The summed E-state index contributed by atoms with van der Waals surface area (Å²) in [6, 6.07) is 11.8. The molecule has 3 N–H and O–H groups in total. The van der Waals surface area contributed by atoms with Gasteiger partial charge >= 0.3 is 0 Å². The average Bonchev–Trinajstić information content (AvgIpc) is 3.05. The van der Waals surface area contributed by atoms with Crippen LogP contribution in [0, 0.1) is 19.7 Å². The molecule has 0 aliphatic rings. The van der Waals surface area contributed by atoms with E-state index in [9.17, 15) is 22.4 Å². The Kier molecular flexibility index (Phi) is 6.12. The number of hydrogen-bond donors (Lipinski definition) is 2. The molecular weight excluding hydrogens is 473 g/mol. The van der Waals surface area contributed by atoms with Gasteiger partial charge in [0.05, 0.1) is 39.6 Å². The molecule has 0 aliphatic heterocycles. The van der Waals surface area contributed by atoms with Crippen LogP contribution in [0.3, 0.4) is 0 Å². The van der Waals surface area contributed by atoms with Crippen molar-refractivity contribution in [3.8, 4) is 0 Å². The van der Waals surface area contributed by atoms with Crippen molar-refractivity contribution in [2.75, 3.05) is 11.6 Å². The van der Waals surface area contributed by atoms with Crippen LogP contribution in [0.2, 0.25) is 0 Å². The van der Waals surface area contributed by atoms with Gasteiger partial charge in [0, 0.05) is 11.6 Å². The van der Waals surface area contributed by atoms with Gasteiger partial charge in [-0.15, -0.1) is 0 Å². The maximum absolute atomic E-state index is 14.3. The van der Waals surface area contributed by atoms with Gasteiger partial charge in [0.15, 0.2) is 9.84 Å². The molecule has 0 spiro atoms. The number of sulfone groups is 1. The van der Waals surface area contributed by atoms with E-state index in [0.29, 0.717) is 17.1 Å². The van der Waals surface area contributed by atoms with Crippen LogP contribution in [0.1, 0.15) is 37.8 Å². The van der Waals surface area contributed by atoms with E-state index in [1.54, 1.807) is 36.7 Å². The van der Waals surface area contributed by atoms with Gasteiger partial charge in [0.25, 0.3) is 5.91 Å². The van der Waals surface area contributed by atoms with E-state index in [1.807, 2.05) is 0 Å². The van der Waals surface area contributed by atoms with Gasteiger partial charge in [-0.25, -0.2) is 17.8 Å². The lowest BCUT2D eigenvalue weighted by Gasteiger charge is -2.10. The first-order chi connectivity index (χ1) is 16.5. The van der Waals surface area contributed by atoms with E-state index in [1.165, 1.54) is 24.3 Å². The van der Waals surface area contributed by atoms with Crippen molar-refractivity contribution in [3.63, 3.8) is 0 Å². The average molecular weight is 496 g/mol. The van der Waals surface area contributed by atoms with Crippen molar-refractivity contribution in [1.82, 2.24) is 14.8 Å². The number of rotatable bonds is 6. The molecule has 2 aromatic carbocycles. The highest BCUT2D eigenvalue weighted by molar-refractivity contribution is 7.90. The number of pyridine rings is 1. The van der Waals surface area contributed by atoms with Gasteiger partial charge in [0.1, 0.15) is 11.5 Å². The van der Waals surface area contributed by atoms with Crippen LogP contribution in [0.5, 0.6) is 0 Å². The van der Waals surface area contributed by atoms with Gasteiger partial charge in [-0.05, 0) is 49.7 Å². The second kappa shape index (κ2) is 8.91. The number of fused-ring (bicyclic) bond motifs is 1. The third-order valence-electron chi connectivity index (χ3n) is 5.56. The van der Waals surface area contributed by atoms with Crippen LogP contribution < -0.4 is 11.1 Å². The number of nitrogens with one attached hydrogen (secondary N) is 1. The molecule has 0 unspecified atom stereocenters. The lowest BCUT2D eigenvalue weighted by Crippen LogP contribution is -2.18. The van der Waals surface area contributed by atoms with Crippen molar-refractivity contribution in [2.24, 2.45) is 5.73 Å². The van der Waals surface area contributed by atoms with E-state index in [4.69, 9.17) is 5.73 Å². The number of hydrogen-bond acceptors (Lipinski definition) is 6. The summed E-state index contributed by atoms with van der Waals surface area (Å²) in [6.07, 6.45) is 1.14. The maximum atomic E-state index is 14.3. The Bertz CT molecular complexity index is 1610. The second-order valence-electron chi connectivity index (χ2n) is 8.13. The lowest BCUT2D eigenvalue weighted by molar-refractivity contribution is 0.100. The van der Waals surface area contributed by atoms with Crippen molar-refractivity contribution in [1.29, 1.82) is 0 Å². The minimum Gasteiger partial charge on any atom is -0.366 e. The van der Waals surface area contributed by atoms with Gasteiger partial charge in [-0.3, -0.25) is 14.3 Å². The third kappa shape index (κ3) is 4.76. The van der Waals surface area contributed by atoms with Crippen molar-refractivity contribution in [2.45, 2.75) is 25.3 Å². The number of halogens is 1. The molecule has 4 aromatic rings. The second-order valence-corrected chi connectivity index (χ2v) is 10.1. The molecule has 0 saturated heterocycles. The Labute approximate surface area is 200 Å². The van der Waals surface area contributed by atoms with Gasteiger partial charge in [0.2, 0.25) is 5.91 Å². The Morgan fingerprint density at radius 2 is 1.83 bits per heavy atom. The molecule has 0 atom stereocenters. The summed E-state index contributed by atoms with van der Waals surface area (Å²) >= 11 is 0. The quantitative estimate of drug-likeness (QED) is 0.422. The fraction of sp³-hybridized carbons (Fsp3) is 0.167. The largest absolute Gasteiger partial charge is 0.366 e. The molecular formula is C24H22FN5O4S. The summed E-state index contributed by atoms with van der Waals surface area (Å²) in [5.74, 6) is -2.17. The highest BCUT2D eigenvalue weighted by Crippen LogP contribution is 2.24. The fourth-order valence-electron chi connectivity index (χ4n) is 3.81. The molecule has 2 amide bonds. The van der Waals surface area contributed by atoms with Gasteiger partial charge in [-0.1, -0.05) is 18.2 Å². The normalized spacial score (nSPS) is 11.5. The summed E-state index contributed by atoms with van der Waals surface area (Å²) < 4.78 is 39.6. The van der Waals surface area contributed by atoms with Gasteiger partial charge in [-0.2, -0.15) is 5.10 Å². The number of aromatic nitrogens is 3. The minimum atomic E-state index is -3.36. The molecule has 9 nitrogen and oxygen atoms in total.